The van der Waals surface area contributed by atoms with Gasteiger partial charge < -0.3 is 15.5 Å². The van der Waals surface area contributed by atoms with Crippen LogP contribution in [-0.4, -0.2) is 49.5 Å². The average Bonchev–Trinajstić information content (AvgIpc) is 2.48. The van der Waals surface area contributed by atoms with Gasteiger partial charge in [-0.2, -0.15) is 0 Å². The quantitative estimate of drug-likeness (QED) is 0.406. The highest BCUT2D eigenvalue weighted by atomic mass is 127. The van der Waals surface area contributed by atoms with Crippen molar-refractivity contribution in [1.29, 1.82) is 0 Å². The number of carbonyl (C=O) groups excluding carboxylic acids is 1. The smallest absolute Gasteiger partial charge is 0.239 e. The standard InChI is InChI=1S/C17H32N4O.HI/c1-13-9-14(2)12-21(11-13)17(18-3)19-10-16(22)20-15-7-5-4-6-8-15;/h13-15H,4-12H2,1-3H3,(H,18,19)(H,20,22);1H. The van der Waals surface area contributed by atoms with Gasteiger partial charge in [0.1, 0.15) is 0 Å². The van der Waals surface area contributed by atoms with Crippen molar-refractivity contribution in [2.75, 3.05) is 26.7 Å². The van der Waals surface area contributed by atoms with Crippen LogP contribution in [0.2, 0.25) is 0 Å². The highest BCUT2D eigenvalue weighted by molar-refractivity contribution is 14.0. The van der Waals surface area contributed by atoms with E-state index in [0.29, 0.717) is 24.4 Å². The first-order chi connectivity index (χ1) is 10.6. The fourth-order valence-electron chi connectivity index (χ4n) is 3.85. The third-order valence-electron chi connectivity index (χ3n) is 4.76. The summed E-state index contributed by atoms with van der Waals surface area (Å²) in [5.74, 6) is 2.31. The molecule has 1 aliphatic heterocycles. The number of amides is 1. The molecule has 0 aromatic rings. The third-order valence-corrected chi connectivity index (χ3v) is 4.76. The Balaban J connectivity index is 0.00000264. The van der Waals surface area contributed by atoms with Gasteiger partial charge in [0.05, 0.1) is 6.54 Å². The molecule has 1 saturated heterocycles. The Morgan fingerprint density at radius 3 is 2.30 bits per heavy atom. The van der Waals surface area contributed by atoms with E-state index in [4.69, 9.17) is 0 Å². The lowest BCUT2D eigenvalue weighted by molar-refractivity contribution is -0.120. The van der Waals surface area contributed by atoms with Crippen molar-refractivity contribution in [3.05, 3.63) is 0 Å². The van der Waals surface area contributed by atoms with Crippen LogP contribution in [0.1, 0.15) is 52.4 Å². The number of piperidine rings is 1. The van der Waals surface area contributed by atoms with Crippen molar-refractivity contribution in [2.24, 2.45) is 16.8 Å². The summed E-state index contributed by atoms with van der Waals surface area (Å²) in [7, 11) is 1.80. The summed E-state index contributed by atoms with van der Waals surface area (Å²) in [6.07, 6.45) is 7.31. The largest absolute Gasteiger partial charge is 0.352 e. The molecule has 2 N–H and O–H groups in total. The Morgan fingerprint density at radius 2 is 1.74 bits per heavy atom. The molecule has 1 heterocycles. The molecule has 2 aliphatic rings. The van der Waals surface area contributed by atoms with Crippen LogP contribution in [0.5, 0.6) is 0 Å². The summed E-state index contributed by atoms with van der Waals surface area (Å²) in [6.45, 7) is 6.93. The van der Waals surface area contributed by atoms with Crippen molar-refractivity contribution in [1.82, 2.24) is 15.5 Å². The van der Waals surface area contributed by atoms with E-state index in [2.05, 4.69) is 34.4 Å². The zero-order valence-corrected chi connectivity index (χ0v) is 17.1. The molecule has 0 bridgehead atoms. The Hall–Kier alpha value is -0.530. The number of carbonyl (C=O) groups is 1. The summed E-state index contributed by atoms with van der Waals surface area (Å²) >= 11 is 0. The maximum Gasteiger partial charge on any atom is 0.239 e. The highest BCUT2D eigenvalue weighted by Gasteiger charge is 2.24. The molecule has 2 fully saturated rings. The molecule has 23 heavy (non-hydrogen) atoms. The second kappa shape index (κ2) is 10.4. The van der Waals surface area contributed by atoms with Gasteiger partial charge in [-0.1, -0.05) is 33.1 Å². The normalized spacial score (nSPS) is 26.4. The molecule has 0 spiro atoms. The molecule has 1 saturated carbocycles. The van der Waals surface area contributed by atoms with Crippen LogP contribution in [-0.2, 0) is 4.79 Å². The lowest BCUT2D eigenvalue weighted by atomic mass is 9.92. The zero-order chi connectivity index (χ0) is 15.9. The maximum atomic E-state index is 12.1. The van der Waals surface area contributed by atoms with E-state index >= 15 is 0 Å². The molecule has 2 unspecified atom stereocenters. The number of rotatable bonds is 3. The van der Waals surface area contributed by atoms with E-state index in [1.165, 1.54) is 25.7 Å². The summed E-state index contributed by atoms with van der Waals surface area (Å²) in [5.41, 5.74) is 0. The van der Waals surface area contributed by atoms with Crippen molar-refractivity contribution in [3.63, 3.8) is 0 Å². The SMILES string of the molecule is CN=C(NCC(=O)NC1CCCCC1)N1CC(C)CC(C)C1.I. The van der Waals surface area contributed by atoms with Crippen LogP contribution in [0.15, 0.2) is 4.99 Å². The Morgan fingerprint density at radius 1 is 1.13 bits per heavy atom. The molecule has 2 atom stereocenters. The minimum absolute atomic E-state index is 0. The Labute approximate surface area is 158 Å². The van der Waals surface area contributed by atoms with Crippen LogP contribution in [0.3, 0.4) is 0 Å². The number of halogens is 1. The van der Waals surface area contributed by atoms with Gasteiger partial charge in [-0.3, -0.25) is 9.79 Å². The molecule has 1 amide bonds. The molecule has 6 heteroatoms. The Bertz CT molecular complexity index is 386. The summed E-state index contributed by atoms with van der Waals surface area (Å²) in [6, 6.07) is 0.375. The predicted octanol–water partition coefficient (Wildman–Crippen LogP) is 2.61. The van der Waals surface area contributed by atoms with E-state index in [0.717, 1.165) is 31.9 Å². The Kier molecular flexibility index (Phi) is 9.24. The number of nitrogens with zero attached hydrogens (tertiary/aromatic N) is 2. The van der Waals surface area contributed by atoms with E-state index < -0.39 is 0 Å². The van der Waals surface area contributed by atoms with E-state index in [1.54, 1.807) is 7.05 Å². The molecule has 134 valence electrons. The zero-order valence-electron chi connectivity index (χ0n) is 14.8. The number of hydrogen-bond acceptors (Lipinski definition) is 2. The minimum atomic E-state index is 0. The van der Waals surface area contributed by atoms with Crippen LogP contribution in [0, 0.1) is 11.8 Å². The highest BCUT2D eigenvalue weighted by Crippen LogP contribution is 2.20. The first kappa shape index (κ1) is 20.5. The monoisotopic (exact) mass is 436 g/mol. The van der Waals surface area contributed by atoms with Gasteiger partial charge in [0.2, 0.25) is 5.91 Å². The van der Waals surface area contributed by atoms with E-state index in [1.807, 2.05) is 0 Å². The topological polar surface area (TPSA) is 56.7 Å². The van der Waals surface area contributed by atoms with Crippen molar-refractivity contribution in [2.45, 2.75) is 58.4 Å². The van der Waals surface area contributed by atoms with Crippen LogP contribution >= 0.6 is 24.0 Å². The summed E-state index contributed by atoms with van der Waals surface area (Å²) < 4.78 is 0. The second-order valence-electron chi connectivity index (χ2n) is 7.15. The molecule has 5 nitrogen and oxygen atoms in total. The molecule has 0 aromatic carbocycles. The lowest BCUT2D eigenvalue weighted by Crippen LogP contribution is -2.51. The van der Waals surface area contributed by atoms with Gasteiger partial charge in [0, 0.05) is 26.2 Å². The van der Waals surface area contributed by atoms with Crippen LogP contribution in [0.4, 0.5) is 0 Å². The van der Waals surface area contributed by atoms with Gasteiger partial charge in [0.25, 0.3) is 0 Å². The first-order valence-electron chi connectivity index (χ1n) is 8.83. The van der Waals surface area contributed by atoms with Crippen LogP contribution in [0.25, 0.3) is 0 Å². The lowest BCUT2D eigenvalue weighted by Gasteiger charge is -2.37. The van der Waals surface area contributed by atoms with Gasteiger partial charge in [-0.25, -0.2) is 0 Å². The number of nitrogens with one attached hydrogen (secondary N) is 2. The van der Waals surface area contributed by atoms with Crippen molar-refractivity contribution < 1.29 is 4.79 Å². The first-order valence-corrected chi connectivity index (χ1v) is 8.83. The number of likely N-dealkylation sites (tertiary alicyclic amines) is 1. The number of hydrogen-bond donors (Lipinski definition) is 2. The van der Waals surface area contributed by atoms with Gasteiger partial charge >= 0.3 is 0 Å². The van der Waals surface area contributed by atoms with Crippen molar-refractivity contribution >= 4 is 35.8 Å². The van der Waals surface area contributed by atoms with Gasteiger partial charge in [-0.15, -0.1) is 24.0 Å². The average molecular weight is 436 g/mol. The van der Waals surface area contributed by atoms with Gasteiger partial charge in [-0.05, 0) is 31.1 Å². The minimum Gasteiger partial charge on any atom is -0.352 e. The fraction of sp³-hybridized carbons (Fsp3) is 0.882. The molecular weight excluding hydrogens is 403 g/mol. The molecule has 1 aliphatic carbocycles. The van der Waals surface area contributed by atoms with Crippen LogP contribution < -0.4 is 10.6 Å². The van der Waals surface area contributed by atoms with E-state index in [9.17, 15) is 4.79 Å². The number of guanidine groups is 1. The number of aliphatic imine (C=N–C) groups is 1. The summed E-state index contributed by atoms with van der Waals surface area (Å²) in [5, 5.41) is 6.38. The van der Waals surface area contributed by atoms with E-state index in [-0.39, 0.29) is 29.9 Å². The maximum absolute atomic E-state index is 12.1. The predicted molar refractivity (Wildman–Crippen MR) is 106 cm³/mol. The molecule has 2 rings (SSSR count). The molecule has 0 radical (unpaired) electrons. The third kappa shape index (κ3) is 6.85. The molecule has 0 aromatic heterocycles. The summed E-state index contributed by atoms with van der Waals surface area (Å²) in [4.78, 5) is 18.7. The fourth-order valence-corrected chi connectivity index (χ4v) is 3.85. The molecular formula is C17H33IN4O. The van der Waals surface area contributed by atoms with Gasteiger partial charge in [0.15, 0.2) is 5.96 Å². The second-order valence-corrected chi connectivity index (χ2v) is 7.15. The van der Waals surface area contributed by atoms with Crippen molar-refractivity contribution in [3.8, 4) is 0 Å².